The molecule has 2 aromatic rings. The molecule has 5 rings (SSSR count). The van der Waals surface area contributed by atoms with Crippen molar-refractivity contribution in [1.82, 2.24) is 14.7 Å². The molecule has 2 aromatic carbocycles. The van der Waals surface area contributed by atoms with Crippen LogP contribution >= 0.6 is 11.6 Å². The molecule has 1 saturated carbocycles. The number of hydrogen-bond acceptors (Lipinski definition) is 4. The van der Waals surface area contributed by atoms with Crippen LogP contribution in [0.2, 0.25) is 5.02 Å². The summed E-state index contributed by atoms with van der Waals surface area (Å²) >= 11 is 6.10. The number of ether oxygens (including phenoxy) is 1. The number of rotatable bonds is 6. The van der Waals surface area contributed by atoms with Crippen LogP contribution in [0.1, 0.15) is 37.7 Å². The largest absolute Gasteiger partial charge is 0.415 e. The Morgan fingerprint density at radius 1 is 0.975 bits per heavy atom. The van der Waals surface area contributed by atoms with Gasteiger partial charge in [-0.3, -0.25) is 9.59 Å². The average Bonchev–Trinajstić information content (AvgIpc) is 3.37. The molecule has 3 aliphatic rings. The molecule has 2 aliphatic heterocycles. The average molecular weight is 578 g/mol. The van der Waals surface area contributed by atoms with Gasteiger partial charge >= 0.3 is 6.09 Å². The molecular weight excluding hydrogens is 547 g/mol. The van der Waals surface area contributed by atoms with Gasteiger partial charge in [0, 0.05) is 56.0 Å². The SMILES string of the molecule is CCN(C(=O)Oc1ccc(F)cc1)C1CN(C(=O)C2CCN(C(=O)C3CC3(F)F)CC2)CC1c1ccc(Cl)cc1. The molecule has 214 valence electrons. The highest BCUT2D eigenvalue weighted by atomic mass is 35.5. The van der Waals surface area contributed by atoms with Gasteiger partial charge in [0.1, 0.15) is 17.5 Å². The first-order valence-corrected chi connectivity index (χ1v) is 13.9. The molecule has 3 atom stereocenters. The van der Waals surface area contributed by atoms with Crippen molar-refractivity contribution < 1.29 is 32.3 Å². The van der Waals surface area contributed by atoms with Crippen molar-refractivity contribution in [2.75, 3.05) is 32.7 Å². The first-order valence-electron chi connectivity index (χ1n) is 13.5. The van der Waals surface area contributed by atoms with Gasteiger partial charge in [-0.25, -0.2) is 18.0 Å². The monoisotopic (exact) mass is 577 g/mol. The standard InChI is InChI=1S/C29H31ClF3N3O4/c1-2-36(28(39)40-22-9-7-21(31)8-10-22)25-17-35(16-23(25)18-3-5-20(30)6-4-18)26(37)19-11-13-34(14-12-19)27(38)24-15-29(24,32)33/h3-10,19,23-25H,2,11-17H2,1H3. The Balaban J connectivity index is 1.29. The Hall–Kier alpha value is -3.27. The van der Waals surface area contributed by atoms with E-state index in [1.807, 2.05) is 19.1 Å². The van der Waals surface area contributed by atoms with Crippen LogP contribution in [0.25, 0.3) is 0 Å². The van der Waals surface area contributed by atoms with E-state index in [-0.39, 0.29) is 49.2 Å². The lowest BCUT2D eigenvalue weighted by Crippen LogP contribution is -2.47. The molecule has 2 saturated heterocycles. The zero-order valence-electron chi connectivity index (χ0n) is 22.1. The van der Waals surface area contributed by atoms with E-state index in [0.717, 1.165) is 5.56 Å². The van der Waals surface area contributed by atoms with E-state index in [1.165, 1.54) is 29.2 Å². The summed E-state index contributed by atoms with van der Waals surface area (Å²) in [6.07, 6.45) is -0.195. The molecule has 3 fully saturated rings. The van der Waals surface area contributed by atoms with Crippen LogP contribution in [0.3, 0.4) is 0 Å². The number of piperidine rings is 1. The summed E-state index contributed by atoms with van der Waals surface area (Å²) in [6.45, 7) is 3.34. The second kappa shape index (κ2) is 11.3. The summed E-state index contributed by atoms with van der Waals surface area (Å²) in [5, 5.41) is 0.569. The van der Waals surface area contributed by atoms with Crippen LogP contribution in [-0.2, 0) is 9.59 Å². The minimum atomic E-state index is -2.91. The van der Waals surface area contributed by atoms with Gasteiger partial charge in [0.25, 0.3) is 5.92 Å². The van der Waals surface area contributed by atoms with E-state index in [0.29, 0.717) is 31.0 Å². The maximum absolute atomic E-state index is 13.6. The summed E-state index contributed by atoms with van der Waals surface area (Å²) in [7, 11) is 0. The molecule has 0 radical (unpaired) electrons. The minimum Gasteiger partial charge on any atom is -0.410 e. The molecule has 0 aromatic heterocycles. The summed E-state index contributed by atoms with van der Waals surface area (Å²) in [5.74, 6) is -5.52. The van der Waals surface area contributed by atoms with Crippen LogP contribution in [-0.4, -0.2) is 77.3 Å². The van der Waals surface area contributed by atoms with Crippen molar-refractivity contribution in [2.45, 2.75) is 44.1 Å². The predicted octanol–water partition coefficient (Wildman–Crippen LogP) is 5.19. The Morgan fingerprint density at radius 3 is 2.17 bits per heavy atom. The number of carbonyl (C=O) groups is 3. The smallest absolute Gasteiger partial charge is 0.410 e. The third-order valence-corrected chi connectivity index (χ3v) is 8.43. The summed E-state index contributed by atoms with van der Waals surface area (Å²) in [5.41, 5.74) is 0.920. The second-order valence-corrected chi connectivity index (χ2v) is 11.1. The molecule has 40 heavy (non-hydrogen) atoms. The van der Waals surface area contributed by atoms with Crippen LogP contribution in [0, 0.1) is 17.7 Å². The number of carbonyl (C=O) groups excluding carboxylic acids is 3. The molecule has 3 unspecified atom stereocenters. The van der Waals surface area contributed by atoms with Crippen molar-refractivity contribution in [3.05, 3.63) is 64.9 Å². The Labute approximate surface area is 235 Å². The summed E-state index contributed by atoms with van der Waals surface area (Å²) < 4.78 is 45.6. The van der Waals surface area contributed by atoms with Crippen molar-refractivity contribution in [1.29, 1.82) is 0 Å². The molecule has 2 heterocycles. The Morgan fingerprint density at radius 2 is 1.60 bits per heavy atom. The fourth-order valence-corrected chi connectivity index (χ4v) is 5.91. The van der Waals surface area contributed by atoms with Crippen molar-refractivity contribution >= 4 is 29.5 Å². The van der Waals surface area contributed by atoms with Crippen molar-refractivity contribution in [2.24, 2.45) is 11.8 Å². The zero-order chi connectivity index (χ0) is 28.6. The van der Waals surface area contributed by atoms with Gasteiger partial charge in [-0.1, -0.05) is 23.7 Å². The first-order chi connectivity index (χ1) is 19.1. The van der Waals surface area contributed by atoms with E-state index in [9.17, 15) is 27.6 Å². The van der Waals surface area contributed by atoms with Gasteiger partial charge in [-0.2, -0.15) is 0 Å². The fourth-order valence-electron chi connectivity index (χ4n) is 5.79. The molecule has 0 spiro atoms. The number of benzene rings is 2. The molecule has 7 nitrogen and oxygen atoms in total. The fraction of sp³-hybridized carbons (Fsp3) is 0.483. The Kier molecular flexibility index (Phi) is 7.99. The molecular formula is C29H31ClF3N3O4. The van der Waals surface area contributed by atoms with Gasteiger partial charge in [0.05, 0.1) is 6.04 Å². The van der Waals surface area contributed by atoms with Gasteiger partial charge in [0.2, 0.25) is 11.8 Å². The maximum Gasteiger partial charge on any atom is 0.415 e. The minimum absolute atomic E-state index is 0.0757. The van der Waals surface area contributed by atoms with Gasteiger partial charge < -0.3 is 19.4 Å². The molecule has 11 heteroatoms. The Bertz CT molecular complexity index is 1250. The van der Waals surface area contributed by atoms with Gasteiger partial charge in [0.15, 0.2) is 0 Å². The van der Waals surface area contributed by atoms with E-state index in [4.69, 9.17) is 16.3 Å². The van der Waals surface area contributed by atoms with Crippen molar-refractivity contribution in [3.8, 4) is 5.75 Å². The third kappa shape index (κ3) is 5.92. The van der Waals surface area contributed by atoms with Gasteiger partial charge in [-0.05, 0) is 61.7 Å². The summed E-state index contributed by atoms with van der Waals surface area (Å²) in [6, 6.07) is 12.1. The quantitative estimate of drug-likeness (QED) is 0.474. The number of nitrogens with zero attached hydrogens (tertiary/aromatic N) is 3. The normalized spacial score (nSPS) is 24.1. The highest BCUT2D eigenvalue weighted by Gasteiger charge is 2.62. The number of amides is 3. The number of halogens is 4. The lowest BCUT2D eigenvalue weighted by atomic mass is 9.93. The number of likely N-dealkylation sites (N-methyl/N-ethyl adjacent to an activating group) is 1. The lowest BCUT2D eigenvalue weighted by Gasteiger charge is -2.33. The maximum atomic E-state index is 13.6. The highest BCUT2D eigenvalue weighted by Crippen LogP contribution is 2.49. The number of likely N-dealkylation sites (tertiary alicyclic amines) is 2. The van der Waals surface area contributed by atoms with Crippen LogP contribution < -0.4 is 4.74 Å². The van der Waals surface area contributed by atoms with Crippen LogP contribution in [0.4, 0.5) is 18.0 Å². The molecule has 3 amide bonds. The highest BCUT2D eigenvalue weighted by molar-refractivity contribution is 6.30. The van der Waals surface area contributed by atoms with E-state index >= 15 is 0 Å². The van der Waals surface area contributed by atoms with Crippen LogP contribution in [0.5, 0.6) is 5.75 Å². The first kappa shape index (κ1) is 28.3. The molecule has 1 aliphatic carbocycles. The summed E-state index contributed by atoms with van der Waals surface area (Å²) in [4.78, 5) is 44.0. The number of alkyl halides is 2. The van der Waals surface area contributed by atoms with Crippen LogP contribution in [0.15, 0.2) is 48.5 Å². The molecule has 0 bridgehead atoms. The van der Waals surface area contributed by atoms with E-state index in [1.54, 1.807) is 21.9 Å². The predicted molar refractivity (Wildman–Crippen MR) is 142 cm³/mol. The lowest BCUT2D eigenvalue weighted by molar-refractivity contribution is -0.141. The second-order valence-electron chi connectivity index (χ2n) is 10.7. The topological polar surface area (TPSA) is 70.2 Å². The molecule has 0 N–H and O–H groups in total. The van der Waals surface area contributed by atoms with E-state index in [2.05, 4.69) is 0 Å². The van der Waals surface area contributed by atoms with Crippen molar-refractivity contribution in [3.63, 3.8) is 0 Å². The number of hydrogen-bond donors (Lipinski definition) is 0. The van der Waals surface area contributed by atoms with E-state index < -0.39 is 36.1 Å². The zero-order valence-corrected chi connectivity index (χ0v) is 22.8. The van der Waals surface area contributed by atoms with Gasteiger partial charge in [-0.15, -0.1) is 0 Å². The third-order valence-electron chi connectivity index (χ3n) is 8.17.